The van der Waals surface area contributed by atoms with E-state index in [0.29, 0.717) is 5.69 Å². The van der Waals surface area contributed by atoms with E-state index in [1.165, 1.54) is 24.7 Å². The Labute approximate surface area is 180 Å². The molecule has 2 aromatic rings. The van der Waals surface area contributed by atoms with Crippen LogP contribution in [0.2, 0.25) is 0 Å². The number of carboxylic acid groups (broad SMARTS) is 1. The molecule has 1 aromatic heterocycles. The maximum Gasteiger partial charge on any atom is 0.326 e. The third-order valence-electron chi connectivity index (χ3n) is 4.66. The summed E-state index contributed by atoms with van der Waals surface area (Å²) in [5, 5.41) is 23.9. The van der Waals surface area contributed by atoms with Crippen LogP contribution in [0.3, 0.4) is 0 Å². The molecule has 3 atom stereocenters. The van der Waals surface area contributed by atoms with Crippen LogP contribution in [0.15, 0.2) is 36.8 Å². The van der Waals surface area contributed by atoms with Crippen molar-refractivity contribution in [2.75, 3.05) is 0 Å². The molecule has 0 fully saturated rings. The molecular weight excluding hydrogens is 402 g/mol. The van der Waals surface area contributed by atoms with Gasteiger partial charge in [0.05, 0.1) is 12.4 Å². The lowest BCUT2D eigenvalue weighted by Crippen LogP contribution is -2.55. The van der Waals surface area contributed by atoms with Gasteiger partial charge in [-0.05, 0) is 36.5 Å². The Hall–Kier alpha value is -3.40. The second-order valence-corrected chi connectivity index (χ2v) is 7.85. The molecule has 0 spiro atoms. The number of amides is 2. The lowest BCUT2D eigenvalue weighted by atomic mass is 10.0. The molecule has 7 N–H and O–H groups in total. The number of aromatic nitrogens is 2. The lowest BCUT2D eigenvalue weighted by molar-refractivity contribution is -0.142. The minimum absolute atomic E-state index is 0.0563. The van der Waals surface area contributed by atoms with Crippen molar-refractivity contribution in [2.24, 2.45) is 11.7 Å². The van der Waals surface area contributed by atoms with Crippen LogP contribution in [0.5, 0.6) is 5.75 Å². The molecule has 0 unspecified atom stereocenters. The summed E-state index contributed by atoms with van der Waals surface area (Å²) in [5.74, 6) is -2.15. The summed E-state index contributed by atoms with van der Waals surface area (Å²) >= 11 is 0. The van der Waals surface area contributed by atoms with E-state index in [-0.39, 0.29) is 30.9 Å². The third-order valence-corrected chi connectivity index (χ3v) is 4.66. The Balaban J connectivity index is 2.09. The van der Waals surface area contributed by atoms with Crippen LogP contribution >= 0.6 is 0 Å². The first kappa shape index (κ1) is 23.9. The minimum Gasteiger partial charge on any atom is -0.508 e. The molecule has 0 aliphatic heterocycles. The number of hydrogen-bond donors (Lipinski definition) is 6. The van der Waals surface area contributed by atoms with Crippen LogP contribution in [-0.2, 0) is 27.2 Å². The smallest absolute Gasteiger partial charge is 0.326 e. The molecule has 0 aliphatic carbocycles. The highest BCUT2D eigenvalue weighted by Gasteiger charge is 2.29. The largest absolute Gasteiger partial charge is 0.508 e. The van der Waals surface area contributed by atoms with Crippen molar-refractivity contribution in [3.63, 3.8) is 0 Å². The molecule has 0 aliphatic rings. The van der Waals surface area contributed by atoms with Crippen molar-refractivity contribution in [3.8, 4) is 5.75 Å². The maximum absolute atomic E-state index is 12.8. The van der Waals surface area contributed by atoms with Crippen LogP contribution < -0.4 is 16.4 Å². The van der Waals surface area contributed by atoms with E-state index in [4.69, 9.17) is 5.73 Å². The molecule has 10 nitrogen and oxygen atoms in total. The van der Waals surface area contributed by atoms with Crippen molar-refractivity contribution in [1.29, 1.82) is 0 Å². The summed E-state index contributed by atoms with van der Waals surface area (Å²) in [6.45, 7) is 3.71. The number of aliphatic carboxylic acids is 1. The summed E-state index contributed by atoms with van der Waals surface area (Å²) in [5.41, 5.74) is 7.35. The zero-order valence-electron chi connectivity index (χ0n) is 17.5. The first-order valence-corrected chi connectivity index (χ1v) is 10.00. The summed E-state index contributed by atoms with van der Waals surface area (Å²) in [6.07, 6.45) is 3.52. The average molecular weight is 431 g/mol. The summed E-state index contributed by atoms with van der Waals surface area (Å²) in [4.78, 5) is 43.8. The van der Waals surface area contributed by atoms with Crippen molar-refractivity contribution in [3.05, 3.63) is 48.0 Å². The second kappa shape index (κ2) is 11.1. The molecule has 0 bridgehead atoms. The highest BCUT2D eigenvalue weighted by Crippen LogP contribution is 2.11. The van der Waals surface area contributed by atoms with E-state index in [1.807, 2.05) is 13.8 Å². The average Bonchev–Trinajstić information content (AvgIpc) is 3.21. The van der Waals surface area contributed by atoms with Gasteiger partial charge in [-0.2, -0.15) is 0 Å². The number of phenols is 1. The number of carbonyl (C=O) groups is 3. The Bertz CT molecular complexity index is 867. The number of carbonyl (C=O) groups excluding carboxylic acids is 2. The van der Waals surface area contributed by atoms with Gasteiger partial charge in [-0.25, -0.2) is 9.78 Å². The number of nitrogens with one attached hydrogen (secondary N) is 3. The van der Waals surface area contributed by atoms with Gasteiger partial charge in [-0.1, -0.05) is 26.0 Å². The number of rotatable bonds is 11. The van der Waals surface area contributed by atoms with Gasteiger partial charge in [0.2, 0.25) is 11.8 Å². The number of nitrogens with two attached hydrogens (primary N) is 1. The molecule has 0 saturated heterocycles. The van der Waals surface area contributed by atoms with Gasteiger partial charge in [0.15, 0.2) is 0 Å². The monoisotopic (exact) mass is 431 g/mol. The molecule has 10 heteroatoms. The highest BCUT2D eigenvalue weighted by molar-refractivity contribution is 5.92. The van der Waals surface area contributed by atoms with E-state index in [9.17, 15) is 24.6 Å². The van der Waals surface area contributed by atoms with Gasteiger partial charge >= 0.3 is 5.97 Å². The van der Waals surface area contributed by atoms with Crippen molar-refractivity contribution < 1.29 is 24.6 Å². The van der Waals surface area contributed by atoms with Crippen LogP contribution in [0.25, 0.3) is 0 Å². The van der Waals surface area contributed by atoms with E-state index < -0.39 is 35.9 Å². The summed E-state index contributed by atoms with van der Waals surface area (Å²) < 4.78 is 0. The van der Waals surface area contributed by atoms with Gasteiger partial charge < -0.3 is 31.6 Å². The summed E-state index contributed by atoms with van der Waals surface area (Å²) in [7, 11) is 0. The number of phenolic OH excluding ortho intramolecular Hbond substituents is 1. The lowest BCUT2D eigenvalue weighted by Gasteiger charge is -2.23. The van der Waals surface area contributed by atoms with Gasteiger partial charge in [-0.15, -0.1) is 0 Å². The van der Waals surface area contributed by atoms with Crippen molar-refractivity contribution in [2.45, 2.75) is 51.2 Å². The maximum atomic E-state index is 12.8. The van der Waals surface area contributed by atoms with Gasteiger partial charge in [0, 0.05) is 18.3 Å². The molecule has 31 heavy (non-hydrogen) atoms. The number of H-pyrrole nitrogens is 1. The Morgan fingerprint density at radius 3 is 2.26 bits per heavy atom. The Kier molecular flexibility index (Phi) is 8.56. The molecule has 2 rings (SSSR count). The first-order valence-electron chi connectivity index (χ1n) is 10.00. The van der Waals surface area contributed by atoms with Gasteiger partial charge in [0.25, 0.3) is 0 Å². The molecule has 168 valence electrons. The molecule has 0 saturated carbocycles. The standard InChI is InChI=1S/C21H29N5O5/c1-12(2)7-18(21(30)31)26-20(29)17(9-14-10-23-11-24-14)25-19(28)16(22)8-13-3-5-15(27)6-4-13/h3-6,10-12,16-18,27H,7-9,22H2,1-2H3,(H,23,24)(H,25,28)(H,26,29)(H,30,31)/t16-,17-,18-/m0/s1. The molecule has 2 amide bonds. The molecule has 1 aromatic carbocycles. The molecular formula is C21H29N5O5. The van der Waals surface area contributed by atoms with Crippen molar-refractivity contribution >= 4 is 17.8 Å². The molecule has 0 radical (unpaired) electrons. The predicted octanol–water partition coefficient (Wildman–Crippen LogP) is 0.328. The van der Waals surface area contributed by atoms with E-state index >= 15 is 0 Å². The van der Waals surface area contributed by atoms with E-state index in [1.54, 1.807) is 12.1 Å². The quantitative estimate of drug-likeness (QED) is 0.298. The first-order chi connectivity index (χ1) is 14.7. The number of aromatic amines is 1. The zero-order chi connectivity index (χ0) is 23.0. The topological polar surface area (TPSA) is 170 Å². The predicted molar refractivity (Wildman–Crippen MR) is 113 cm³/mol. The number of aromatic hydroxyl groups is 1. The Morgan fingerprint density at radius 1 is 1.06 bits per heavy atom. The number of carboxylic acids is 1. The highest BCUT2D eigenvalue weighted by atomic mass is 16.4. The van der Waals surface area contributed by atoms with Gasteiger partial charge in [0.1, 0.15) is 17.8 Å². The fraction of sp³-hybridized carbons (Fsp3) is 0.429. The molecule has 1 heterocycles. The van der Waals surface area contributed by atoms with Crippen molar-refractivity contribution in [1.82, 2.24) is 20.6 Å². The number of benzene rings is 1. The fourth-order valence-electron chi connectivity index (χ4n) is 3.05. The Morgan fingerprint density at radius 2 is 1.71 bits per heavy atom. The van der Waals surface area contributed by atoms with Crippen LogP contribution in [-0.4, -0.2) is 56.1 Å². The normalized spacial score (nSPS) is 13.9. The summed E-state index contributed by atoms with van der Waals surface area (Å²) in [6, 6.07) is 3.26. The van der Waals surface area contributed by atoms with Crippen LogP contribution in [0.4, 0.5) is 0 Å². The fourth-order valence-corrected chi connectivity index (χ4v) is 3.05. The van der Waals surface area contributed by atoms with Crippen LogP contribution in [0, 0.1) is 5.92 Å². The second-order valence-electron chi connectivity index (χ2n) is 7.85. The third kappa shape index (κ3) is 7.74. The van der Waals surface area contributed by atoms with Gasteiger partial charge in [-0.3, -0.25) is 9.59 Å². The van der Waals surface area contributed by atoms with Crippen LogP contribution in [0.1, 0.15) is 31.5 Å². The van der Waals surface area contributed by atoms with E-state index in [0.717, 1.165) is 5.56 Å². The number of hydrogen-bond acceptors (Lipinski definition) is 6. The minimum atomic E-state index is -1.14. The zero-order valence-corrected chi connectivity index (χ0v) is 17.5. The SMILES string of the molecule is CC(C)C[C@H](NC(=O)[C@H](Cc1cnc[nH]1)NC(=O)[C@@H](N)Cc1ccc(O)cc1)C(=O)O. The number of nitrogens with zero attached hydrogens (tertiary/aromatic N) is 1. The van der Waals surface area contributed by atoms with E-state index in [2.05, 4.69) is 20.6 Å². The number of imidazole rings is 1.